The Morgan fingerprint density at radius 3 is 2.44 bits per heavy atom. The molecular weight excluding hydrogens is 224 g/mol. The van der Waals surface area contributed by atoms with Gasteiger partial charge in [0.1, 0.15) is 11.6 Å². The predicted octanol–water partition coefficient (Wildman–Crippen LogP) is 2.92. The number of hydrogen-bond acceptors (Lipinski definition) is 4. The summed E-state index contributed by atoms with van der Waals surface area (Å²) >= 11 is 0. The van der Waals surface area contributed by atoms with E-state index >= 15 is 0 Å². The summed E-state index contributed by atoms with van der Waals surface area (Å²) in [6.07, 6.45) is 0. The van der Waals surface area contributed by atoms with Crippen LogP contribution in [-0.2, 0) is 6.54 Å². The summed E-state index contributed by atoms with van der Waals surface area (Å²) < 4.78 is 0. The molecule has 0 unspecified atom stereocenters. The Hall–Kier alpha value is -1.97. The predicted molar refractivity (Wildman–Crippen MR) is 72.4 cm³/mol. The van der Waals surface area contributed by atoms with E-state index in [-0.39, 0.29) is 0 Å². The van der Waals surface area contributed by atoms with Gasteiger partial charge in [0.05, 0.1) is 0 Å². The van der Waals surface area contributed by atoms with Gasteiger partial charge >= 0.3 is 0 Å². The Morgan fingerprint density at radius 2 is 1.78 bits per heavy atom. The van der Waals surface area contributed by atoms with Gasteiger partial charge in [-0.2, -0.15) is 9.97 Å². The normalized spacial score (nSPS) is 10.7. The van der Waals surface area contributed by atoms with Crippen molar-refractivity contribution in [2.24, 2.45) is 0 Å². The van der Waals surface area contributed by atoms with E-state index in [9.17, 15) is 0 Å². The molecule has 0 saturated heterocycles. The molecule has 0 aliphatic heterocycles. The fourth-order valence-electron chi connectivity index (χ4n) is 1.62. The quantitative estimate of drug-likeness (QED) is 0.895. The lowest BCUT2D eigenvalue weighted by molar-refractivity contribution is 0.747. The summed E-state index contributed by atoms with van der Waals surface area (Å²) in [4.78, 5) is 13.0. The zero-order valence-electron chi connectivity index (χ0n) is 11.0. The average Bonchev–Trinajstić information content (AvgIpc) is 2.37. The van der Waals surface area contributed by atoms with E-state index < -0.39 is 0 Å². The van der Waals surface area contributed by atoms with Crippen LogP contribution < -0.4 is 5.32 Å². The van der Waals surface area contributed by atoms with Crippen molar-refractivity contribution in [3.63, 3.8) is 0 Å². The van der Waals surface area contributed by atoms with Gasteiger partial charge in [-0.05, 0) is 12.5 Å². The molecule has 1 aromatic carbocycles. The van der Waals surface area contributed by atoms with Crippen LogP contribution in [0.15, 0.2) is 30.3 Å². The molecule has 0 amide bonds. The van der Waals surface area contributed by atoms with Crippen molar-refractivity contribution in [1.29, 1.82) is 0 Å². The average molecular weight is 242 g/mol. The Morgan fingerprint density at radius 1 is 1.06 bits per heavy atom. The second kappa shape index (κ2) is 5.58. The topological polar surface area (TPSA) is 50.7 Å². The van der Waals surface area contributed by atoms with Crippen LogP contribution in [0.5, 0.6) is 0 Å². The van der Waals surface area contributed by atoms with E-state index in [0.717, 1.165) is 18.2 Å². The zero-order chi connectivity index (χ0) is 13.0. The highest BCUT2D eigenvalue weighted by Gasteiger charge is 2.06. The van der Waals surface area contributed by atoms with E-state index in [4.69, 9.17) is 0 Å². The molecule has 0 radical (unpaired) electrons. The van der Waals surface area contributed by atoms with E-state index in [1.807, 2.05) is 25.1 Å². The number of aromatic nitrogens is 3. The largest absolute Gasteiger partial charge is 0.350 e. The fraction of sp³-hybridized carbons (Fsp3) is 0.357. The molecule has 2 rings (SSSR count). The minimum atomic E-state index is 0.309. The maximum atomic E-state index is 4.41. The summed E-state index contributed by atoms with van der Waals surface area (Å²) in [5.74, 6) is 2.54. The first-order valence-electron chi connectivity index (χ1n) is 6.15. The molecule has 18 heavy (non-hydrogen) atoms. The molecule has 0 aliphatic carbocycles. The van der Waals surface area contributed by atoms with Crippen LogP contribution in [0.3, 0.4) is 0 Å². The van der Waals surface area contributed by atoms with E-state index in [1.165, 1.54) is 5.56 Å². The maximum absolute atomic E-state index is 4.41. The van der Waals surface area contributed by atoms with Crippen LogP contribution in [0.25, 0.3) is 0 Å². The molecule has 0 spiro atoms. The van der Waals surface area contributed by atoms with Gasteiger partial charge in [0.2, 0.25) is 5.95 Å². The standard InChI is InChI=1S/C14H18N4/c1-10(2)13-16-11(3)17-14(18-13)15-9-12-7-5-4-6-8-12/h4-8,10H,9H2,1-3H3,(H,15,16,17,18). The minimum Gasteiger partial charge on any atom is -0.350 e. The third-order valence-electron chi connectivity index (χ3n) is 2.57. The number of aryl methyl sites for hydroxylation is 1. The molecule has 0 atom stereocenters. The van der Waals surface area contributed by atoms with Crippen LogP contribution >= 0.6 is 0 Å². The van der Waals surface area contributed by atoms with Gasteiger partial charge in [-0.25, -0.2) is 4.98 Å². The summed E-state index contributed by atoms with van der Waals surface area (Å²) in [6, 6.07) is 10.2. The molecular formula is C14H18N4. The Labute approximate surface area is 108 Å². The van der Waals surface area contributed by atoms with Crippen LogP contribution in [0.2, 0.25) is 0 Å². The zero-order valence-corrected chi connectivity index (χ0v) is 11.0. The molecule has 0 aliphatic rings. The number of benzene rings is 1. The van der Waals surface area contributed by atoms with E-state index in [1.54, 1.807) is 0 Å². The monoisotopic (exact) mass is 242 g/mol. The summed E-state index contributed by atoms with van der Waals surface area (Å²) in [7, 11) is 0. The molecule has 4 nitrogen and oxygen atoms in total. The van der Waals surface area contributed by atoms with Crippen molar-refractivity contribution >= 4 is 5.95 Å². The lowest BCUT2D eigenvalue weighted by Crippen LogP contribution is -2.09. The first-order chi connectivity index (χ1) is 8.65. The second-order valence-electron chi connectivity index (χ2n) is 4.56. The third-order valence-corrected chi connectivity index (χ3v) is 2.57. The van der Waals surface area contributed by atoms with Crippen molar-refractivity contribution < 1.29 is 0 Å². The molecule has 1 aromatic heterocycles. The van der Waals surface area contributed by atoms with Crippen LogP contribution in [0.1, 0.15) is 37.0 Å². The van der Waals surface area contributed by atoms with Crippen molar-refractivity contribution in [2.75, 3.05) is 5.32 Å². The smallest absolute Gasteiger partial charge is 0.226 e. The third kappa shape index (κ3) is 3.26. The van der Waals surface area contributed by atoms with Gasteiger partial charge in [0.15, 0.2) is 0 Å². The van der Waals surface area contributed by atoms with Crippen LogP contribution in [0, 0.1) is 6.92 Å². The van der Waals surface area contributed by atoms with Crippen molar-refractivity contribution in [3.8, 4) is 0 Å². The SMILES string of the molecule is Cc1nc(NCc2ccccc2)nc(C(C)C)n1. The first kappa shape index (κ1) is 12.5. The highest BCUT2D eigenvalue weighted by molar-refractivity contribution is 5.28. The van der Waals surface area contributed by atoms with Crippen LogP contribution in [0.4, 0.5) is 5.95 Å². The number of nitrogens with zero attached hydrogens (tertiary/aromatic N) is 3. The van der Waals surface area contributed by atoms with Crippen LogP contribution in [-0.4, -0.2) is 15.0 Å². The number of hydrogen-bond donors (Lipinski definition) is 1. The van der Waals surface area contributed by atoms with Crippen molar-refractivity contribution in [2.45, 2.75) is 33.2 Å². The Kier molecular flexibility index (Phi) is 3.87. The van der Waals surface area contributed by atoms with Crippen molar-refractivity contribution in [1.82, 2.24) is 15.0 Å². The number of nitrogens with one attached hydrogen (secondary N) is 1. The highest BCUT2D eigenvalue weighted by atomic mass is 15.2. The molecule has 0 fully saturated rings. The number of anilines is 1. The molecule has 1 N–H and O–H groups in total. The Balaban J connectivity index is 2.10. The van der Waals surface area contributed by atoms with Gasteiger partial charge in [-0.1, -0.05) is 44.2 Å². The molecule has 2 aromatic rings. The first-order valence-corrected chi connectivity index (χ1v) is 6.15. The molecule has 0 bridgehead atoms. The van der Waals surface area contributed by atoms with Gasteiger partial charge in [0.25, 0.3) is 0 Å². The van der Waals surface area contributed by atoms with Gasteiger partial charge in [-0.3, -0.25) is 0 Å². The lowest BCUT2D eigenvalue weighted by atomic mass is 10.2. The second-order valence-corrected chi connectivity index (χ2v) is 4.56. The van der Waals surface area contributed by atoms with Gasteiger partial charge < -0.3 is 5.32 Å². The summed E-state index contributed by atoms with van der Waals surface area (Å²) in [6.45, 7) is 6.77. The van der Waals surface area contributed by atoms with Crippen molar-refractivity contribution in [3.05, 3.63) is 47.5 Å². The van der Waals surface area contributed by atoms with E-state index in [2.05, 4.69) is 46.2 Å². The summed E-state index contributed by atoms with van der Waals surface area (Å²) in [5, 5.41) is 3.23. The summed E-state index contributed by atoms with van der Waals surface area (Å²) in [5.41, 5.74) is 1.21. The van der Waals surface area contributed by atoms with Gasteiger partial charge in [-0.15, -0.1) is 0 Å². The van der Waals surface area contributed by atoms with E-state index in [0.29, 0.717) is 11.9 Å². The lowest BCUT2D eigenvalue weighted by Gasteiger charge is -2.09. The highest BCUT2D eigenvalue weighted by Crippen LogP contribution is 2.11. The molecule has 0 saturated carbocycles. The maximum Gasteiger partial charge on any atom is 0.226 e. The minimum absolute atomic E-state index is 0.309. The molecule has 94 valence electrons. The van der Waals surface area contributed by atoms with Gasteiger partial charge in [0, 0.05) is 12.5 Å². The fourth-order valence-corrected chi connectivity index (χ4v) is 1.62. The number of rotatable bonds is 4. The molecule has 4 heteroatoms. The molecule has 1 heterocycles. The Bertz CT molecular complexity index is 508.